The first-order valence-electron chi connectivity index (χ1n) is 8.44. The van der Waals surface area contributed by atoms with Crippen LogP contribution < -0.4 is 14.4 Å². The Balaban J connectivity index is 1.57. The minimum atomic E-state index is -0.192. The number of hydrogen-bond donors (Lipinski definition) is 0. The van der Waals surface area contributed by atoms with E-state index in [0.29, 0.717) is 29.0 Å². The summed E-state index contributed by atoms with van der Waals surface area (Å²) in [6, 6.07) is 5.20. The van der Waals surface area contributed by atoms with Crippen LogP contribution in [0.25, 0.3) is 0 Å². The summed E-state index contributed by atoms with van der Waals surface area (Å²) in [5.74, 6) is 2.27. The van der Waals surface area contributed by atoms with Crippen molar-refractivity contribution in [1.29, 1.82) is 0 Å². The van der Waals surface area contributed by atoms with E-state index in [1.165, 1.54) is 18.4 Å². The normalized spacial score (nSPS) is 38.2. The van der Waals surface area contributed by atoms with Crippen molar-refractivity contribution in [2.24, 2.45) is 35.5 Å². The van der Waals surface area contributed by atoms with E-state index in [4.69, 9.17) is 9.47 Å². The van der Waals surface area contributed by atoms with E-state index in [9.17, 15) is 9.59 Å². The third-order valence-electron chi connectivity index (χ3n) is 6.29. The number of imide groups is 1. The Labute approximate surface area is 140 Å². The third kappa shape index (κ3) is 1.60. The highest BCUT2D eigenvalue weighted by Crippen LogP contribution is 2.65. The van der Waals surface area contributed by atoms with Gasteiger partial charge in [0.1, 0.15) is 11.5 Å². The number of rotatable bonds is 3. The highest BCUT2D eigenvalue weighted by Gasteiger charge is 2.67. The molecule has 1 saturated heterocycles. The Hall–Kier alpha value is -2.30. The summed E-state index contributed by atoms with van der Waals surface area (Å²) in [6.45, 7) is 0. The fourth-order valence-corrected chi connectivity index (χ4v) is 5.16. The first-order valence-corrected chi connectivity index (χ1v) is 8.44. The van der Waals surface area contributed by atoms with Gasteiger partial charge in [0.25, 0.3) is 0 Å². The number of amides is 2. The molecule has 1 aromatic carbocycles. The Kier molecular flexibility index (Phi) is 2.71. The lowest BCUT2D eigenvalue weighted by Crippen LogP contribution is -2.40. The minimum absolute atomic E-state index is 0.0711. The van der Waals surface area contributed by atoms with Crippen LogP contribution in [0, 0.1) is 35.5 Å². The van der Waals surface area contributed by atoms with Crippen molar-refractivity contribution in [3.05, 3.63) is 30.4 Å². The predicted octanol–water partition coefficient (Wildman–Crippen LogP) is 2.26. The summed E-state index contributed by atoms with van der Waals surface area (Å²) < 4.78 is 10.6. The zero-order valence-corrected chi connectivity index (χ0v) is 13.6. The number of benzene rings is 1. The summed E-state index contributed by atoms with van der Waals surface area (Å²) in [5.41, 5.74) is 0.524. The van der Waals surface area contributed by atoms with E-state index < -0.39 is 0 Å². The van der Waals surface area contributed by atoms with Crippen molar-refractivity contribution in [3.63, 3.8) is 0 Å². The van der Waals surface area contributed by atoms with Gasteiger partial charge in [-0.05, 0) is 42.2 Å². The van der Waals surface area contributed by atoms with Crippen molar-refractivity contribution in [3.8, 4) is 11.5 Å². The maximum atomic E-state index is 13.1. The van der Waals surface area contributed by atoms with Crippen LogP contribution in [0.4, 0.5) is 5.69 Å². The SMILES string of the molecule is COc1ccc(N2C(=O)[C@@H]3[C@H]4C=C[C@@H]([C@@H]5C[C@@H]45)[C@H]3C2=O)c(OC)c1. The number of hydrogen-bond acceptors (Lipinski definition) is 4. The fourth-order valence-electron chi connectivity index (χ4n) is 5.16. The van der Waals surface area contributed by atoms with Crippen LogP contribution in [-0.2, 0) is 9.59 Å². The predicted molar refractivity (Wildman–Crippen MR) is 86.7 cm³/mol. The molecule has 0 unspecified atom stereocenters. The molecule has 5 aliphatic rings. The molecular weight excluding hydrogens is 306 g/mol. The van der Waals surface area contributed by atoms with Gasteiger partial charge in [0.05, 0.1) is 31.7 Å². The minimum Gasteiger partial charge on any atom is -0.497 e. The van der Waals surface area contributed by atoms with Gasteiger partial charge in [-0.1, -0.05) is 12.2 Å². The van der Waals surface area contributed by atoms with Gasteiger partial charge in [-0.25, -0.2) is 4.90 Å². The van der Waals surface area contributed by atoms with Gasteiger partial charge in [0, 0.05) is 6.07 Å². The molecule has 6 rings (SSSR count). The number of nitrogens with zero attached hydrogens (tertiary/aromatic N) is 1. The van der Waals surface area contributed by atoms with Crippen LogP contribution in [0.5, 0.6) is 11.5 Å². The summed E-state index contributed by atoms with van der Waals surface area (Å²) in [6.07, 6.45) is 5.53. The average molecular weight is 325 g/mol. The Morgan fingerprint density at radius 1 is 0.958 bits per heavy atom. The van der Waals surface area contributed by atoms with Crippen LogP contribution in [0.3, 0.4) is 0 Å². The molecule has 24 heavy (non-hydrogen) atoms. The molecule has 3 fully saturated rings. The van der Waals surface area contributed by atoms with E-state index in [-0.39, 0.29) is 35.5 Å². The summed E-state index contributed by atoms with van der Waals surface area (Å²) in [5, 5.41) is 0. The van der Waals surface area contributed by atoms with Crippen LogP contribution in [0.2, 0.25) is 0 Å². The molecule has 4 aliphatic carbocycles. The van der Waals surface area contributed by atoms with Crippen LogP contribution in [0.1, 0.15) is 6.42 Å². The average Bonchev–Trinajstić information content (AvgIpc) is 3.39. The van der Waals surface area contributed by atoms with E-state index in [2.05, 4.69) is 12.2 Å². The summed E-state index contributed by atoms with van der Waals surface area (Å²) in [7, 11) is 3.11. The Morgan fingerprint density at radius 3 is 2.12 bits per heavy atom. The summed E-state index contributed by atoms with van der Waals surface area (Å²) >= 11 is 0. The molecule has 2 amide bonds. The van der Waals surface area contributed by atoms with Crippen molar-refractivity contribution < 1.29 is 19.1 Å². The van der Waals surface area contributed by atoms with Gasteiger partial charge in [-0.15, -0.1) is 0 Å². The van der Waals surface area contributed by atoms with Crippen molar-refractivity contribution in [1.82, 2.24) is 0 Å². The molecule has 5 nitrogen and oxygen atoms in total. The first kappa shape index (κ1) is 14.1. The molecule has 1 aliphatic heterocycles. The lowest BCUT2D eigenvalue weighted by Gasteiger charge is -2.37. The second-order valence-electron chi connectivity index (χ2n) is 7.20. The lowest BCUT2D eigenvalue weighted by atomic mass is 9.63. The summed E-state index contributed by atoms with van der Waals surface area (Å²) in [4.78, 5) is 27.6. The van der Waals surface area contributed by atoms with Gasteiger partial charge >= 0.3 is 0 Å². The standard InChI is InChI=1S/C19H19NO4/c1-23-9-3-6-14(15(7-9)24-2)20-18(21)16-10-4-5-11(13-8-12(10)13)17(16)19(20)22/h3-7,10-13,16-17H,8H2,1-2H3/t10-,11-,12-,13-,16+,17+/m0/s1. The maximum absolute atomic E-state index is 13.1. The molecule has 1 aromatic rings. The van der Waals surface area contributed by atoms with E-state index >= 15 is 0 Å². The highest BCUT2D eigenvalue weighted by molar-refractivity contribution is 6.23. The third-order valence-corrected chi connectivity index (χ3v) is 6.29. The van der Waals surface area contributed by atoms with E-state index in [1.807, 2.05) is 0 Å². The van der Waals surface area contributed by atoms with E-state index in [0.717, 1.165) is 0 Å². The van der Waals surface area contributed by atoms with Crippen molar-refractivity contribution >= 4 is 17.5 Å². The second kappa shape index (κ2) is 4.62. The largest absolute Gasteiger partial charge is 0.497 e. The molecule has 2 bridgehead atoms. The lowest BCUT2D eigenvalue weighted by molar-refractivity contribution is -0.124. The van der Waals surface area contributed by atoms with Crippen LogP contribution in [0.15, 0.2) is 30.4 Å². The molecule has 0 spiro atoms. The highest BCUT2D eigenvalue weighted by atomic mass is 16.5. The van der Waals surface area contributed by atoms with Gasteiger partial charge in [-0.2, -0.15) is 0 Å². The number of allylic oxidation sites excluding steroid dienone is 2. The smallest absolute Gasteiger partial charge is 0.238 e. The number of anilines is 1. The van der Waals surface area contributed by atoms with Gasteiger partial charge in [0.15, 0.2) is 0 Å². The fraction of sp³-hybridized carbons (Fsp3) is 0.474. The first-order chi connectivity index (χ1) is 11.7. The van der Waals surface area contributed by atoms with Gasteiger partial charge in [0.2, 0.25) is 11.8 Å². The number of methoxy groups -OCH3 is 2. The number of ether oxygens (including phenoxy) is 2. The molecule has 124 valence electrons. The van der Waals surface area contributed by atoms with E-state index in [1.54, 1.807) is 25.3 Å². The number of carbonyl (C=O) groups is 2. The van der Waals surface area contributed by atoms with Crippen molar-refractivity contribution in [2.75, 3.05) is 19.1 Å². The Morgan fingerprint density at radius 2 is 1.58 bits per heavy atom. The van der Waals surface area contributed by atoms with Gasteiger partial charge in [-0.3, -0.25) is 9.59 Å². The molecule has 6 atom stereocenters. The molecule has 0 N–H and O–H groups in total. The monoisotopic (exact) mass is 325 g/mol. The molecule has 2 saturated carbocycles. The molecule has 5 heteroatoms. The van der Waals surface area contributed by atoms with Crippen LogP contribution >= 0.6 is 0 Å². The second-order valence-corrected chi connectivity index (χ2v) is 7.20. The van der Waals surface area contributed by atoms with Crippen molar-refractivity contribution in [2.45, 2.75) is 6.42 Å². The molecule has 0 radical (unpaired) electrons. The van der Waals surface area contributed by atoms with Crippen LogP contribution in [-0.4, -0.2) is 26.0 Å². The zero-order chi connectivity index (χ0) is 16.6. The topological polar surface area (TPSA) is 55.8 Å². The molecule has 0 aromatic heterocycles. The maximum Gasteiger partial charge on any atom is 0.238 e. The zero-order valence-electron chi connectivity index (χ0n) is 13.6. The quantitative estimate of drug-likeness (QED) is 0.632. The molecule has 1 heterocycles. The van der Waals surface area contributed by atoms with Gasteiger partial charge < -0.3 is 9.47 Å². The number of carbonyl (C=O) groups excluding carboxylic acids is 2. The Bertz CT molecular complexity index is 750. The molecular formula is C19H19NO4.